The number of carbonyl (C=O) groups is 3. The molecule has 1 N–H and O–H groups in total. The number of hydrogen-bond donors (Lipinski definition) is 1. The summed E-state index contributed by atoms with van der Waals surface area (Å²) >= 11 is 4.84. The second kappa shape index (κ2) is 6.33. The maximum atomic E-state index is 12.8. The van der Waals surface area contributed by atoms with Crippen LogP contribution in [-0.2, 0) is 9.59 Å². The standard InChI is InChI=1S/C17H13BrN2O3S/c1-9-10(2)14(6-5-13(9)18)20-16(22)12(15(21)19-17(20)23)8-11-4-3-7-24-11/h3-8H,1-2H3,(H,19,21,23)/b12-8+. The van der Waals surface area contributed by atoms with E-state index < -0.39 is 17.8 Å². The predicted octanol–water partition coefficient (Wildman–Crippen LogP) is 3.79. The smallest absolute Gasteiger partial charge is 0.273 e. The van der Waals surface area contributed by atoms with E-state index in [1.165, 1.54) is 17.4 Å². The van der Waals surface area contributed by atoms with Crippen LogP contribution >= 0.6 is 27.3 Å². The van der Waals surface area contributed by atoms with Gasteiger partial charge in [0, 0.05) is 9.35 Å². The molecule has 0 spiro atoms. The van der Waals surface area contributed by atoms with Crippen molar-refractivity contribution in [1.82, 2.24) is 5.32 Å². The van der Waals surface area contributed by atoms with Crippen molar-refractivity contribution in [3.05, 3.63) is 55.7 Å². The Balaban J connectivity index is 2.08. The minimum Gasteiger partial charge on any atom is -0.273 e. The molecule has 1 saturated heterocycles. The largest absolute Gasteiger partial charge is 0.335 e. The van der Waals surface area contributed by atoms with Crippen LogP contribution in [0.2, 0.25) is 0 Å². The van der Waals surface area contributed by atoms with Crippen molar-refractivity contribution in [2.75, 3.05) is 4.90 Å². The third-order valence-electron chi connectivity index (χ3n) is 3.86. The molecule has 122 valence electrons. The van der Waals surface area contributed by atoms with Gasteiger partial charge in [-0.25, -0.2) is 9.69 Å². The van der Waals surface area contributed by atoms with E-state index in [4.69, 9.17) is 0 Å². The number of anilines is 1. The van der Waals surface area contributed by atoms with Gasteiger partial charge in [-0.2, -0.15) is 0 Å². The lowest BCUT2D eigenvalue weighted by atomic mass is 10.0. The lowest BCUT2D eigenvalue weighted by Gasteiger charge is -2.28. The van der Waals surface area contributed by atoms with Crippen molar-refractivity contribution in [3.63, 3.8) is 0 Å². The molecule has 0 saturated carbocycles. The van der Waals surface area contributed by atoms with Gasteiger partial charge < -0.3 is 0 Å². The molecule has 0 bridgehead atoms. The molecule has 0 unspecified atom stereocenters. The summed E-state index contributed by atoms with van der Waals surface area (Å²) in [6, 6.07) is 6.35. The van der Waals surface area contributed by atoms with Crippen molar-refractivity contribution in [2.24, 2.45) is 0 Å². The first-order chi connectivity index (χ1) is 11.4. The summed E-state index contributed by atoms with van der Waals surface area (Å²) in [5.41, 5.74) is 2.12. The molecular formula is C17H13BrN2O3S. The minimum absolute atomic E-state index is 0.0583. The van der Waals surface area contributed by atoms with E-state index in [1.807, 2.05) is 25.3 Å². The minimum atomic E-state index is -0.738. The van der Waals surface area contributed by atoms with Gasteiger partial charge in [-0.3, -0.25) is 14.9 Å². The summed E-state index contributed by atoms with van der Waals surface area (Å²) < 4.78 is 0.888. The van der Waals surface area contributed by atoms with Crippen LogP contribution in [0.5, 0.6) is 0 Å². The molecule has 1 aliphatic heterocycles. The van der Waals surface area contributed by atoms with Gasteiger partial charge in [-0.1, -0.05) is 22.0 Å². The Labute approximate surface area is 151 Å². The highest BCUT2D eigenvalue weighted by atomic mass is 79.9. The van der Waals surface area contributed by atoms with Gasteiger partial charge in [0.1, 0.15) is 5.57 Å². The monoisotopic (exact) mass is 404 g/mol. The van der Waals surface area contributed by atoms with Crippen LogP contribution in [0.4, 0.5) is 10.5 Å². The van der Waals surface area contributed by atoms with Gasteiger partial charge in [-0.15, -0.1) is 11.3 Å². The lowest BCUT2D eigenvalue weighted by Crippen LogP contribution is -2.54. The van der Waals surface area contributed by atoms with Gasteiger partial charge >= 0.3 is 6.03 Å². The van der Waals surface area contributed by atoms with Crippen LogP contribution in [-0.4, -0.2) is 17.8 Å². The number of benzene rings is 1. The fraction of sp³-hybridized carbons (Fsp3) is 0.118. The fourth-order valence-corrected chi connectivity index (χ4v) is 3.49. The van der Waals surface area contributed by atoms with Crippen LogP contribution < -0.4 is 10.2 Å². The molecule has 3 rings (SSSR count). The number of urea groups is 1. The number of thiophene rings is 1. The number of barbiturate groups is 1. The predicted molar refractivity (Wildman–Crippen MR) is 96.9 cm³/mol. The molecule has 1 aliphatic rings. The number of imide groups is 2. The zero-order valence-corrected chi connectivity index (χ0v) is 15.3. The molecule has 1 aromatic carbocycles. The summed E-state index contributed by atoms with van der Waals surface area (Å²) in [4.78, 5) is 38.9. The summed E-state index contributed by atoms with van der Waals surface area (Å²) in [6.45, 7) is 3.72. The van der Waals surface area contributed by atoms with E-state index in [0.29, 0.717) is 5.69 Å². The molecule has 4 amide bonds. The Hall–Kier alpha value is -2.25. The average Bonchev–Trinajstić information content (AvgIpc) is 3.04. The highest BCUT2D eigenvalue weighted by Crippen LogP contribution is 2.31. The highest BCUT2D eigenvalue weighted by Gasteiger charge is 2.37. The molecule has 2 aromatic rings. The van der Waals surface area contributed by atoms with E-state index in [2.05, 4.69) is 21.2 Å². The Morgan fingerprint density at radius 2 is 1.88 bits per heavy atom. The van der Waals surface area contributed by atoms with E-state index in [0.717, 1.165) is 25.4 Å². The van der Waals surface area contributed by atoms with Gasteiger partial charge in [0.2, 0.25) is 0 Å². The highest BCUT2D eigenvalue weighted by molar-refractivity contribution is 9.10. The first-order valence-electron chi connectivity index (χ1n) is 7.11. The quantitative estimate of drug-likeness (QED) is 0.611. The SMILES string of the molecule is Cc1c(Br)ccc(N2C(=O)NC(=O)/C(=C\c3cccs3)C2=O)c1C. The third-order valence-corrected chi connectivity index (χ3v) is 5.54. The van der Waals surface area contributed by atoms with E-state index in [-0.39, 0.29) is 5.57 Å². The first-order valence-corrected chi connectivity index (χ1v) is 8.78. The van der Waals surface area contributed by atoms with Crippen LogP contribution in [0.25, 0.3) is 6.08 Å². The van der Waals surface area contributed by atoms with E-state index >= 15 is 0 Å². The Kier molecular flexibility index (Phi) is 4.38. The Morgan fingerprint density at radius 3 is 2.54 bits per heavy atom. The zero-order chi connectivity index (χ0) is 17.4. The molecule has 0 radical (unpaired) electrons. The maximum absolute atomic E-state index is 12.8. The number of hydrogen-bond acceptors (Lipinski definition) is 4. The number of amides is 4. The molecule has 1 aromatic heterocycles. The van der Waals surface area contributed by atoms with E-state index in [9.17, 15) is 14.4 Å². The normalized spacial score (nSPS) is 16.7. The molecule has 7 heteroatoms. The molecule has 1 fully saturated rings. The average molecular weight is 405 g/mol. The summed E-state index contributed by atoms with van der Waals surface area (Å²) in [7, 11) is 0. The molecule has 5 nitrogen and oxygen atoms in total. The summed E-state index contributed by atoms with van der Waals surface area (Å²) in [6.07, 6.45) is 1.50. The second-order valence-corrected chi connectivity index (χ2v) is 7.12. The van der Waals surface area contributed by atoms with Crippen LogP contribution in [0.15, 0.2) is 39.7 Å². The Morgan fingerprint density at radius 1 is 1.12 bits per heavy atom. The number of nitrogens with one attached hydrogen (secondary N) is 1. The fourth-order valence-electron chi connectivity index (χ4n) is 2.41. The number of rotatable bonds is 2. The molecule has 24 heavy (non-hydrogen) atoms. The van der Waals surface area contributed by atoms with Gasteiger partial charge in [0.05, 0.1) is 5.69 Å². The lowest BCUT2D eigenvalue weighted by molar-refractivity contribution is -0.122. The Bertz CT molecular complexity index is 887. The summed E-state index contributed by atoms with van der Waals surface area (Å²) in [5.74, 6) is -1.30. The van der Waals surface area contributed by atoms with Crippen molar-refractivity contribution in [2.45, 2.75) is 13.8 Å². The number of carbonyl (C=O) groups excluding carboxylic acids is 3. The van der Waals surface area contributed by atoms with Crippen molar-refractivity contribution < 1.29 is 14.4 Å². The first kappa shape index (κ1) is 16.6. The maximum Gasteiger partial charge on any atom is 0.335 e. The van der Waals surface area contributed by atoms with Crippen LogP contribution in [0.3, 0.4) is 0 Å². The van der Waals surface area contributed by atoms with Gasteiger partial charge in [0.15, 0.2) is 0 Å². The zero-order valence-electron chi connectivity index (χ0n) is 12.9. The van der Waals surface area contributed by atoms with Gasteiger partial charge in [0.25, 0.3) is 11.8 Å². The number of nitrogens with zero attached hydrogens (tertiary/aromatic N) is 1. The van der Waals surface area contributed by atoms with Crippen molar-refractivity contribution in [3.8, 4) is 0 Å². The molecular weight excluding hydrogens is 392 g/mol. The second-order valence-electron chi connectivity index (χ2n) is 5.29. The van der Waals surface area contributed by atoms with Gasteiger partial charge in [-0.05, 0) is 54.6 Å². The molecule has 2 heterocycles. The van der Waals surface area contributed by atoms with E-state index in [1.54, 1.807) is 18.2 Å². The molecule has 0 atom stereocenters. The topological polar surface area (TPSA) is 66.5 Å². The van der Waals surface area contributed by atoms with Crippen LogP contribution in [0.1, 0.15) is 16.0 Å². The van der Waals surface area contributed by atoms with Crippen molar-refractivity contribution in [1.29, 1.82) is 0 Å². The van der Waals surface area contributed by atoms with Crippen LogP contribution in [0, 0.1) is 13.8 Å². The number of halogens is 1. The van der Waals surface area contributed by atoms with Crippen molar-refractivity contribution >= 4 is 56.9 Å². The third kappa shape index (κ3) is 2.81. The molecule has 0 aliphatic carbocycles. The summed E-state index contributed by atoms with van der Waals surface area (Å²) in [5, 5.41) is 4.08.